The van der Waals surface area contributed by atoms with Crippen LogP contribution in [0.2, 0.25) is 5.02 Å². The number of anilines is 1. The fraction of sp³-hybridized carbons (Fsp3) is 0.273. The van der Waals surface area contributed by atoms with Crippen molar-refractivity contribution in [3.63, 3.8) is 0 Å². The normalized spacial score (nSPS) is 16.1. The molecule has 0 saturated carbocycles. The molecule has 0 atom stereocenters. The van der Waals surface area contributed by atoms with Gasteiger partial charge in [-0.1, -0.05) is 17.7 Å². The van der Waals surface area contributed by atoms with Gasteiger partial charge in [0.15, 0.2) is 11.5 Å². The number of piperidine rings is 1. The first-order chi connectivity index (χ1) is 14.5. The van der Waals surface area contributed by atoms with Crippen molar-refractivity contribution in [3.05, 3.63) is 57.5 Å². The van der Waals surface area contributed by atoms with Crippen LogP contribution in [0.4, 0.5) is 5.69 Å². The van der Waals surface area contributed by atoms with Crippen molar-refractivity contribution in [2.45, 2.75) is 12.8 Å². The Bertz CT molecular complexity index is 1000. The summed E-state index contributed by atoms with van der Waals surface area (Å²) in [5, 5.41) is 3.53. The van der Waals surface area contributed by atoms with E-state index < -0.39 is 0 Å². The second-order valence-electron chi connectivity index (χ2n) is 7.16. The van der Waals surface area contributed by atoms with Crippen LogP contribution in [0.1, 0.15) is 18.4 Å². The third-order valence-corrected chi connectivity index (χ3v) is 6.41. The van der Waals surface area contributed by atoms with Crippen LogP contribution in [0.5, 0.6) is 11.5 Å². The van der Waals surface area contributed by atoms with E-state index in [1.165, 1.54) is 0 Å². The number of carbonyl (C=O) groups is 2. The molecule has 0 spiro atoms. The highest BCUT2D eigenvalue weighted by molar-refractivity contribution is 9.10. The Morgan fingerprint density at radius 1 is 1.10 bits per heavy atom. The second-order valence-corrected chi connectivity index (χ2v) is 8.43. The highest BCUT2D eigenvalue weighted by Crippen LogP contribution is 2.34. The first-order valence-corrected chi connectivity index (χ1v) is 10.8. The molecule has 1 fully saturated rings. The molecule has 2 aromatic carbocycles. The van der Waals surface area contributed by atoms with Crippen LogP contribution in [0.3, 0.4) is 0 Å². The van der Waals surface area contributed by atoms with Gasteiger partial charge in [0.05, 0.1) is 5.02 Å². The van der Waals surface area contributed by atoms with Crippen molar-refractivity contribution < 1.29 is 19.1 Å². The predicted octanol–water partition coefficient (Wildman–Crippen LogP) is 4.72. The SMILES string of the molecule is O=C(Nc1ccc2c(c1)OCO2)C1CCN(C(=O)C=Cc2ccc(Br)c(Cl)c2)CC1. The fourth-order valence-electron chi connectivity index (χ4n) is 3.47. The number of fused-ring (bicyclic) bond motifs is 1. The highest BCUT2D eigenvalue weighted by Gasteiger charge is 2.27. The molecule has 0 aromatic heterocycles. The van der Waals surface area contributed by atoms with E-state index in [1.807, 2.05) is 12.1 Å². The number of carbonyl (C=O) groups excluding carboxylic acids is 2. The van der Waals surface area contributed by atoms with Crippen LogP contribution in [0, 0.1) is 5.92 Å². The molecule has 2 amide bonds. The van der Waals surface area contributed by atoms with Gasteiger partial charge in [-0.25, -0.2) is 0 Å². The fourth-order valence-corrected chi connectivity index (χ4v) is 3.91. The van der Waals surface area contributed by atoms with Gasteiger partial charge in [-0.3, -0.25) is 9.59 Å². The number of ether oxygens (including phenoxy) is 2. The molecule has 156 valence electrons. The molecule has 0 radical (unpaired) electrons. The molecule has 1 saturated heterocycles. The number of hydrogen-bond acceptors (Lipinski definition) is 4. The molecule has 2 heterocycles. The standard InChI is InChI=1S/C22H20BrClN2O4/c23-17-4-1-14(11-18(17)24)2-6-21(27)26-9-7-15(8-10-26)22(28)25-16-3-5-19-20(12-16)30-13-29-19/h1-6,11-12,15H,7-10,13H2,(H,25,28). The van der Waals surface area contributed by atoms with Gasteiger partial charge in [0, 0.05) is 41.3 Å². The monoisotopic (exact) mass is 490 g/mol. The number of amides is 2. The summed E-state index contributed by atoms with van der Waals surface area (Å²) in [5.74, 6) is 1.07. The van der Waals surface area contributed by atoms with E-state index in [1.54, 1.807) is 41.3 Å². The van der Waals surface area contributed by atoms with Crippen molar-refractivity contribution in [2.75, 3.05) is 25.2 Å². The molecule has 2 aromatic rings. The third kappa shape index (κ3) is 4.79. The molecular formula is C22H20BrClN2O4. The molecule has 1 N–H and O–H groups in total. The summed E-state index contributed by atoms with van der Waals surface area (Å²) < 4.78 is 11.4. The van der Waals surface area contributed by atoms with Gasteiger partial charge in [0.25, 0.3) is 0 Å². The van der Waals surface area contributed by atoms with E-state index in [4.69, 9.17) is 21.1 Å². The number of rotatable bonds is 4. The Morgan fingerprint density at radius 2 is 1.87 bits per heavy atom. The van der Waals surface area contributed by atoms with Gasteiger partial charge >= 0.3 is 0 Å². The van der Waals surface area contributed by atoms with E-state index in [0.717, 1.165) is 10.0 Å². The maximum Gasteiger partial charge on any atom is 0.246 e. The van der Waals surface area contributed by atoms with E-state index in [0.29, 0.717) is 48.1 Å². The Balaban J connectivity index is 1.28. The molecule has 0 bridgehead atoms. The molecular weight excluding hydrogens is 472 g/mol. The summed E-state index contributed by atoms with van der Waals surface area (Å²) in [7, 11) is 0. The minimum atomic E-state index is -0.131. The van der Waals surface area contributed by atoms with Gasteiger partial charge in [-0.05, 0) is 64.7 Å². The van der Waals surface area contributed by atoms with Crippen LogP contribution < -0.4 is 14.8 Å². The number of nitrogens with zero attached hydrogens (tertiary/aromatic N) is 1. The molecule has 8 heteroatoms. The number of likely N-dealkylation sites (tertiary alicyclic amines) is 1. The van der Waals surface area contributed by atoms with Crippen molar-refractivity contribution in [3.8, 4) is 11.5 Å². The smallest absolute Gasteiger partial charge is 0.246 e. The molecule has 30 heavy (non-hydrogen) atoms. The summed E-state index contributed by atoms with van der Waals surface area (Å²) in [6.45, 7) is 1.29. The van der Waals surface area contributed by atoms with E-state index in [2.05, 4.69) is 21.2 Å². The van der Waals surface area contributed by atoms with Gasteiger partial charge in [0.2, 0.25) is 18.6 Å². The third-order valence-electron chi connectivity index (χ3n) is 5.18. The zero-order valence-corrected chi connectivity index (χ0v) is 18.4. The summed E-state index contributed by atoms with van der Waals surface area (Å²) in [6.07, 6.45) is 4.55. The van der Waals surface area contributed by atoms with Gasteiger partial charge in [-0.15, -0.1) is 0 Å². The summed E-state index contributed by atoms with van der Waals surface area (Å²) >= 11 is 9.43. The van der Waals surface area contributed by atoms with Crippen molar-refractivity contribution >= 4 is 51.1 Å². The van der Waals surface area contributed by atoms with Crippen LogP contribution in [-0.2, 0) is 9.59 Å². The maximum absolute atomic E-state index is 12.6. The Labute approximate surface area is 187 Å². The van der Waals surface area contributed by atoms with Crippen molar-refractivity contribution in [1.82, 2.24) is 4.90 Å². The Hall–Kier alpha value is -2.51. The predicted molar refractivity (Wildman–Crippen MR) is 119 cm³/mol. The lowest BCUT2D eigenvalue weighted by Gasteiger charge is -2.30. The van der Waals surface area contributed by atoms with Crippen LogP contribution >= 0.6 is 27.5 Å². The Morgan fingerprint density at radius 3 is 2.63 bits per heavy atom. The lowest BCUT2D eigenvalue weighted by Crippen LogP contribution is -2.40. The molecule has 2 aliphatic heterocycles. The minimum absolute atomic E-state index is 0.0407. The zero-order chi connectivity index (χ0) is 21.1. The first-order valence-electron chi connectivity index (χ1n) is 9.62. The van der Waals surface area contributed by atoms with Gasteiger partial charge in [0.1, 0.15) is 0 Å². The number of nitrogens with one attached hydrogen (secondary N) is 1. The Kier molecular flexibility index (Phi) is 6.29. The number of halogens is 2. The number of benzene rings is 2. The summed E-state index contributed by atoms with van der Waals surface area (Å²) in [6, 6.07) is 10.9. The molecule has 0 unspecified atom stereocenters. The van der Waals surface area contributed by atoms with Crippen molar-refractivity contribution in [1.29, 1.82) is 0 Å². The highest BCUT2D eigenvalue weighted by atomic mass is 79.9. The van der Waals surface area contributed by atoms with E-state index in [-0.39, 0.29) is 24.5 Å². The maximum atomic E-state index is 12.6. The first kappa shape index (κ1) is 20.8. The average Bonchev–Trinajstić information content (AvgIpc) is 3.22. The van der Waals surface area contributed by atoms with Crippen LogP contribution in [0.25, 0.3) is 6.08 Å². The lowest BCUT2D eigenvalue weighted by molar-refractivity contribution is -0.130. The largest absolute Gasteiger partial charge is 0.454 e. The summed E-state index contributed by atoms with van der Waals surface area (Å²) in [4.78, 5) is 26.8. The topological polar surface area (TPSA) is 67.9 Å². The molecule has 0 aliphatic carbocycles. The number of hydrogen-bond donors (Lipinski definition) is 1. The summed E-state index contributed by atoms with van der Waals surface area (Å²) in [5.41, 5.74) is 1.54. The van der Waals surface area contributed by atoms with Crippen LogP contribution in [-0.4, -0.2) is 36.6 Å². The van der Waals surface area contributed by atoms with Gasteiger partial charge in [-0.2, -0.15) is 0 Å². The van der Waals surface area contributed by atoms with E-state index in [9.17, 15) is 9.59 Å². The minimum Gasteiger partial charge on any atom is -0.454 e. The second kappa shape index (κ2) is 9.10. The lowest BCUT2D eigenvalue weighted by atomic mass is 9.95. The molecule has 4 rings (SSSR count). The van der Waals surface area contributed by atoms with Crippen LogP contribution in [0.15, 0.2) is 46.9 Å². The molecule has 6 nitrogen and oxygen atoms in total. The van der Waals surface area contributed by atoms with E-state index >= 15 is 0 Å². The zero-order valence-electron chi connectivity index (χ0n) is 16.1. The molecule has 2 aliphatic rings. The average molecular weight is 492 g/mol. The van der Waals surface area contributed by atoms with Gasteiger partial charge < -0.3 is 19.7 Å². The quantitative estimate of drug-likeness (QED) is 0.628. The van der Waals surface area contributed by atoms with Crippen molar-refractivity contribution in [2.24, 2.45) is 5.92 Å².